The third kappa shape index (κ3) is 1.96. The Balaban J connectivity index is 3.31. The van der Waals surface area contributed by atoms with Crippen LogP contribution in [0.5, 0.6) is 0 Å². The van der Waals surface area contributed by atoms with E-state index >= 15 is 0 Å². The highest BCUT2D eigenvalue weighted by atomic mass is 79.9. The Morgan fingerprint density at radius 2 is 1.91 bits per heavy atom. The molecule has 1 aromatic heterocycles. The molecular formula is C6H2Br2N2O. The lowest BCUT2D eigenvalue weighted by molar-refractivity contribution is 0.565. The molecule has 0 saturated heterocycles. The maximum absolute atomic E-state index is 9.92. The highest BCUT2D eigenvalue weighted by molar-refractivity contribution is 9.11. The predicted molar refractivity (Wildman–Crippen MR) is 47.4 cm³/mol. The quantitative estimate of drug-likeness (QED) is 0.585. The van der Waals surface area contributed by atoms with Gasteiger partial charge < -0.3 is 0 Å². The molecule has 56 valence electrons. The van der Waals surface area contributed by atoms with Gasteiger partial charge in [-0.3, -0.25) is 4.98 Å². The van der Waals surface area contributed by atoms with Gasteiger partial charge in [0.2, 0.25) is 6.08 Å². The molecule has 0 aromatic carbocycles. The van der Waals surface area contributed by atoms with Gasteiger partial charge in [0, 0.05) is 12.4 Å². The van der Waals surface area contributed by atoms with Crippen LogP contribution in [0.2, 0.25) is 0 Å². The normalized spacial score (nSPS) is 8.91. The summed E-state index contributed by atoms with van der Waals surface area (Å²) in [6, 6.07) is 0. The average Bonchev–Trinajstić information content (AvgIpc) is 1.97. The monoisotopic (exact) mass is 276 g/mol. The Hall–Kier alpha value is -0.510. The van der Waals surface area contributed by atoms with Gasteiger partial charge in [0.15, 0.2) is 0 Å². The fraction of sp³-hybridized carbons (Fsp3) is 0. The Labute approximate surface area is 79.8 Å². The Kier molecular flexibility index (Phi) is 2.93. The van der Waals surface area contributed by atoms with Crippen molar-refractivity contribution >= 4 is 43.6 Å². The van der Waals surface area contributed by atoms with Gasteiger partial charge in [-0.15, -0.1) is 0 Å². The van der Waals surface area contributed by atoms with E-state index in [2.05, 4.69) is 41.8 Å². The molecule has 0 fully saturated rings. The maximum Gasteiger partial charge on any atom is 0.240 e. The maximum atomic E-state index is 9.92. The molecule has 1 aromatic rings. The van der Waals surface area contributed by atoms with Crippen molar-refractivity contribution in [3.63, 3.8) is 0 Å². The number of pyridine rings is 1. The minimum absolute atomic E-state index is 0.509. The van der Waals surface area contributed by atoms with Crippen LogP contribution in [-0.2, 0) is 4.79 Å². The van der Waals surface area contributed by atoms with E-state index in [-0.39, 0.29) is 0 Å². The smallest absolute Gasteiger partial charge is 0.240 e. The predicted octanol–water partition coefficient (Wildman–Crippen LogP) is 2.57. The number of hydrogen-bond acceptors (Lipinski definition) is 3. The summed E-state index contributed by atoms with van der Waals surface area (Å²) >= 11 is 6.37. The Bertz CT molecular complexity index is 300. The molecule has 0 aliphatic rings. The van der Waals surface area contributed by atoms with E-state index in [0.717, 1.165) is 0 Å². The Morgan fingerprint density at radius 1 is 1.36 bits per heavy atom. The molecule has 0 saturated carbocycles. The molecule has 0 radical (unpaired) electrons. The number of halogens is 2. The van der Waals surface area contributed by atoms with Gasteiger partial charge in [0.1, 0.15) is 5.69 Å². The lowest BCUT2D eigenvalue weighted by Gasteiger charge is -1.95. The van der Waals surface area contributed by atoms with Crippen molar-refractivity contribution in [1.82, 2.24) is 4.98 Å². The van der Waals surface area contributed by atoms with E-state index in [1.807, 2.05) is 0 Å². The SMILES string of the molecule is O=C=Nc1c(Br)cncc1Br. The number of rotatable bonds is 1. The fourth-order valence-corrected chi connectivity index (χ4v) is 1.66. The first-order valence-corrected chi connectivity index (χ1v) is 4.21. The second-order valence-corrected chi connectivity index (χ2v) is 3.36. The van der Waals surface area contributed by atoms with Crippen LogP contribution in [0.1, 0.15) is 0 Å². The van der Waals surface area contributed by atoms with Crippen LogP contribution >= 0.6 is 31.9 Å². The van der Waals surface area contributed by atoms with Crippen molar-refractivity contribution in [3.05, 3.63) is 21.3 Å². The zero-order valence-electron chi connectivity index (χ0n) is 5.21. The minimum atomic E-state index is 0.509. The first-order valence-electron chi connectivity index (χ1n) is 2.62. The summed E-state index contributed by atoms with van der Waals surface area (Å²) in [6.45, 7) is 0. The second-order valence-electron chi connectivity index (χ2n) is 1.65. The molecule has 0 aliphatic carbocycles. The Morgan fingerprint density at radius 3 is 2.36 bits per heavy atom. The summed E-state index contributed by atoms with van der Waals surface area (Å²) in [4.78, 5) is 17.2. The van der Waals surface area contributed by atoms with Crippen LogP contribution in [0.25, 0.3) is 0 Å². The number of aliphatic imine (C=N–C) groups is 1. The first kappa shape index (κ1) is 8.59. The van der Waals surface area contributed by atoms with Gasteiger partial charge in [-0.25, -0.2) is 4.79 Å². The van der Waals surface area contributed by atoms with Crippen LogP contribution in [0.4, 0.5) is 5.69 Å². The zero-order chi connectivity index (χ0) is 8.27. The van der Waals surface area contributed by atoms with E-state index in [1.54, 1.807) is 12.4 Å². The summed E-state index contributed by atoms with van der Waals surface area (Å²) < 4.78 is 1.32. The van der Waals surface area contributed by atoms with E-state index < -0.39 is 0 Å². The number of isocyanates is 1. The largest absolute Gasteiger partial charge is 0.262 e. The van der Waals surface area contributed by atoms with E-state index in [4.69, 9.17) is 0 Å². The average molecular weight is 278 g/mol. The van der Waals surface area contributed by atoms with Crippen molar-refractivity contribution in [2.75, 3.05) is 0 Å². The molecule has 0 atom stereocenters. The van der Waals surface area contributed by atoms with Gasteiger partial charge >= 0.3 is 0 Å². The standard InChI is InChI=1S/C6H2Br2N2O/c7-4-1-9-2-5(8)6(4)10-3-11/h1-2H. The number of nitrogens with zero attached hydrogens (tertiary/aromatic N) is 2. The topological polar surface area (TPSA) is 42.3 Å². The van der Waals surface area contributed by atoms with Crippen LogP contribution in [0.15, 0.2) is 26.3 Å². The number of aromatic nitrogens is 1. The van der Waals surface area contributed by atoms with Gasteiger partial charge in [-0.05, 0) is 31.9 Å². The van der Waals surface area contributed by atoms with E-state index in [9.17, 15) is 4.79 Å². The lowest BCUT2D eigenvalue weighted by Crippen LogP contribution is -1.74. The van der Waals surface area contributed by atoms with Crippen LogP contribution < -0.4 is 0 Å². The summed E-state index contributed by atoms with van der Waals surface area (Å²) in [5.74, 6) is 0. The molecular weight excluding hydrogens is 276 g/mol. The summed E-state index contributed by atoms with van der Waals surface area (Å²) in [6.07, 6.45) is 4.57. The second kappa shape index (κ2) is 3.76. The highest BCUT2D eigenvalue weighted by Gasteiger charge is 2.02. The van der Waals surface area contributed by atoms with Gasteiger partial charge in [-0.1, -0.05) is 0 Å². The van der Waals surface area contributed by atoms with Crippen LogP contribution in [-0.4, -0.2) is 11.1 Å². The van der Waals surface area contributed by atoms with Crippen LogP contribution in [0.3, 0.4) is 0 Å². The molecule has 1 heterocycles. The molecule has 0 amide bonds. The van der Waals surface area contributed by atoms with Gasteiger partial charge in [-0.2, -0.15) is 4.99 Å². The molecule has 0 aliphatic heterocycles. The van der Waals surface area contributed by atoms with Gasteiger partial charge in [0.05, 0.1) is 8.95 Å². The van der Waals surface area contributed by atoms with Crippen molar-refractivity contribution in [1.29, 1.82) is 0 Å². The number of hydrogen-bond donors (Lipinski definition) is 0. The molecule has 0 bridgehead atoms. The first-order chi connectivity index (χ1) is 5.25. The zero-order valence-corrected chi connectivity index (χ0v) is 8.39. The van der Waals surface area contributed by atoms with Crippen molar-refractivity contribution in [3.8, 4) is 0 Å². The third-order valence-electron chi connectivity index (χ3n) is 0.986. The summed E-state index contributed by atoms with van der Waals surface area (Å²) in [5.41, 5.74) is 0.509. The fourth-order valence-electron chi connectivity index (χ4n) is 0.557. The molecule has 1 rings (SSSR count). The van der Waals surface area contributed by atoms with Crippen molar-refractivity contribution in [2.45, 2.75) is 0 Å². The van der Waals surface area contributed by atoms with Gasteiger partial charge in [0.25, 0.3) is 0 Å². The highest BCUT2D eigenvalue weighted by Crippen LogP contribution is 2.31. The summed E-state index contributed by atoms with van der Waals surface area (Å²) in [7, 11) is 0. The third-order valence-corrected chi connectivity index (χ3v) is 2.15. The summed E-state index contributed by atoms with van der Waals surface area (Å²) in [5, 5.41) is 0. The molecule has 0 unspecified atom stereocenters. The molecule has 3 nitrogen and oxygen atoms in total. The molecule has 11 heavy (non-hydrogen) atoms. The van der Waals surface area contributed by atoms with Crippen LogP contribution in [0, 0.1) is 0 Å². The minimum Gasteiger partial charge on any atom is -0.262 e. The van der Waals surface area contributed by atoms with Crippen molar-refractivity contribution < 1.29 is 4.79 Å². The molecule has 5 heteroatoms. The van der Waals surface area contributed by atoms with E-state index in [1.165, 1.54) is 6.08 Å². The molecule has 0 spiro atoms. The molecule has 0 N–H and O–H groups in total. The number of carbonyl (C=O) groups excluding carboxylic acids is 1. The van der Waals surface area contributed by atoms with E-state index in [0.29, 0.717) is 14.6 Å². The van der Waals surface area contributed by atoms with Crippen molar-refractivity contribution in [2.24, 2.45) is 4.99 Å². The lowest BCUT2D eigenvalue weighted by atomic mass is 10.4.